The van der Waals surface area contributed by atoms with E-state index in [0.717, 1.165) is 30.5 Å². The van der Waals surface area contributed by atoms with Crippen molar-refractivity contribution < 1.29 is 9.28 Å². The van der Waals surface area contributed by atoms with Crippen LogP contribution in [0.1, 0.15) is 111 Å². The molecule has 1 aliphatic heterocycles. The van der Waals surface area contributed by atoms with Crippen LogP contribution < -0.4 is 10.6 Å². The molecule has 0 spiro atoms. The van der Waals surface area contributed by atoms with E-state index in [4.69, 9.17) is 0 Å². The Morgan fingerprint density at radius 1 is 0.933 bits per heavy atom. The molecule has 4 heteroatoms. The molecule has 0 fully saturated rings. The molecule has 1 rings (SSSR count). The van der Waals surface area contributed by atoms with Gasteiger partial charge in [0.2, 0.25) is 5.91 Å². The first-order chi connectivity index (χ1) is 14.6. The summed E-state index contributed by atoms with van der Waals surface area (Å²) >= 11 is 0. The fourth-order valence-electron chi connectivity index (χ4n) is 4.43. The first-order valence-electron chi connectivity index (χ1n) is 12.8. The Bertz CT molecular complexity index is 489. The summed E-state index contributed by atoms with van der Waals surface area (Å²) in [6, 6.07) is 0. The van der Waals surface area contributed by atoms with Gasteiger partial charge in [-0.05, 0) is 19.8 Å². The molecule has 1 amide bonds. The first kappa shape index (κ1) is 26.7. The van der Waals surface area contributed by atoms with Gasteiger partial charge in [0.15, 0.2) is 6.17 Å². The van der Waals surface area contributed by atoms with Crippen molar-refractivity contribution in [2.24, 2.45) is 0 Å². The Morgan fingerprint density at radius 2 is 1.53 bits per heavy atom. The molecule has 4 nitrogen and oxygen atoms in total. The minimum Gasteiger partial charge on any atom is -0.351 e. The van der Waals surface area contributed by atoms with Crippen molar-refractivity contribution in [3.63, 3.8) is 0 Å². The van der Waals surface area contributed by atoms with E-state index in [1.165, 1.54) is 83.5 Å². The van der Waals surface area contributed by atoms with Crippen molar-refractivity contribution in [3.8, 4) is 0 Å². The standard InChI is InChI=1S/C26H49N3O/c1-4-6-7-8-9-10-11-12-13-14-15-16-17-18-19-20-26-28-22-24-29(26,5-2)23-21-27-25(3)30/h18-19,22,24,26,28H,4-17,20-21,23H2,1-3H3/p+1/b19-18+. The maximum absolute atomic E-state index is 11.2. The molecule has 0 radical (unpaired) electrons. The van der Waals surface area contributed by atoms with Gasteiger partial charge in [-0.3, -0.25) is 9.28 Å². The van der Waals surface area contributed by atoms with Crippen LogP contribution in [0.15, 0.2) is 24.6 Å². The second-order valence-electron chi connectivity index (χ2n) is 9.01. The number of nitrogens with one attached hydrogen (secondary N) is 2. The van der Waals surface area contributed by atoms with Gasteiger partial charge in [0.05, 0.1) is 19.3 Å². The lowest BCUT2D eigenvalue weighted by Crippen LogP contribution is -2.55. The summed E-state index contributed by atoms with van der Waals surface area (Å²) in [6.07, 6.45) is 28.6. The molecule has 0 saturated carbocycles. The number of hydrogen-bond donors (Lipinski definition) is 2. The van der Waals surface area contributed by atoms with Crippen molar-refractivity contribution >= 4 is 5.91 Å². The zero-order valence-electron chi connectivity index (χ0n) is 20.3. The fraction of sp³-hybridized carbons (Fsp3) is 0.808. The maximum Gasteiger partial charge on any atom is 0.217 e. The molecule has 1 aliphatic rings. The Labute approximate surface area is 187 Å². The molecule has 0 bridgehead atoms. The average Bonchev–Trinajstić information content (AvgIpc) is 3.13. The quantitative estimate of drug-likeness (QED) is 0.144. The predicted octanol–water partition coefficient (Wildman–Crippen LogP) is 6.40. The van der Waals surface area contributed by atoms with Crippen LogP contribution in [0.4, 0.5) is 0 Å². The highest BCUT2D eigenvalue weighted by Crippen LogP contribution is 2.21. The third-order valence-corrected chi connectivity index (χ3v) is 6.52. The topological polar surface area (TPSA) is 41.1 Å². The molecule has 2 atom stereocenters. The smallest absolute Gasteiger partial charge is 0.217 e. The Hall–Kier alpha value is -1.29. The van der Waals surface area contributed by atoms with Crippen molar-refractivity contribution in [2.45, 2.75) is 117 Å². The van der Waals surface area contributed by atoms with Crippen LogP contribution in [0.3, 0.4) is 0 Å². The molecule has 2 N–H and O–H groups in total. The van der Waals surface area contributed by atoms with Crippen molar-refractivity contribution in [1.82, 2.24) is 10.6 Å². The lowest BCUT2D eigenvalue weighted by Gasteiger charge is -2.36. The molecular formula is C26H50N3O+. The molecule has 0 aromatic carbocycles. The number of likely N-dealkylation sites (N-methyl/N-ethyl adjacent to an activating group) is 1. The van der Waals surface area contributed by atoms with E-state index in [2.05, 4.69) is 49.0 Å². The van der Waals surface area contributed by atoms with Gasteiger partial charge in [0.25, 0.3) is 0 Å². The van der Waals surface area contributed by atoms with Gasteiger partial charge in [0.1, 0.15) is 12.7 Å². The van der Waals surface area contributed by atoms with Crippen molar-refractivity contribution in [2.75, 3.05) is 19.6 Å². The SMILES string of the molecule is CCCCCCCCCCCCCC/C=C/CC1NC=C[N+]1(CC)CCNC(C)=O. The van der Waals surface area contributed by atoms with Gasteiger partial charge < -0.3 is 10.6 Å². The number of carbonyl (C=O) groups excluding carboxylic acids is 1. The fourth-order valence-corrected chi connectivity index (χ4v) is 4.43. The third-order valence-electron chi connectivity index (χ3n) is 6.52. The Kier molecular flexibility index (Phi) is 15.5. The zero-order valence-corrected chi connectivity index (χ0v) is 20.3. The van der Waals surface area contributed by atoms with Crippen LogP contribution in [-0.4, -0.2) is 36.2 Å². The molecule has 1 heterocycles. The highest BCUT2D eigenvalue weighted by molar-refractivity contribution is 5.72. The normalized spacial score (nSPS) is 20.7. The van der Waals surface area contributed by atoms with Gasteiger partial charge in [-0.1, -0.05) is 89.7 Å². The van der Waals surface area contributed by atoms with E-state index in [1.807, 2.05) is 0 Å². The predicted molar refractivity (Wildman–Crippen MR) is 130 cm³/mol. The zero-order chi connectivity index (χ0) is 21.9. The van der Waals surface area contributed by atoms with Gasteiger partial charge in [-0.2, -0.15) is 0 Å². The molecule has 30 heavy (non-hydrogen) atoms. The number of nitrogens with zero attached hydrogens (tertiary/aromatic N) is 1. The second kappa shape index (κ2) is 17.4. The van der Waals surface area contributed by atoms with Crippen LogP contribution in [0, 0.1) is 0 Å². The van der Waals surface area contributed by atoms with Crippen LogP contribution in [0.5, 0.6) is 0 Å². The van der Waals surface area contributed by atoms with E-state index in [9.17, 15) is 4.79 Å². The van der Waals surface area contributed by atoms with Crippen molar-refractivity contribution in [1.29, 1.82) is 0 Å². The lowest BCUT2D eigenvalue weighted by atomic mass is 10.0. The highest BCUT2D eigenvalue weighted by Gasteiger charge is 2.35. The van der Waals surface area contributed by atoms with E-state index in [1.54, 1.807) is 6.92 Å². The summed E-state index contributed by atoms with van der Waals surface area (Å²) < 4.78 is 0.906. The minimum atomic E-state index is 0.0549. The number of allylic oxidation sites excluding steroid dienone is 1. The molecule has 0 aliphatic carbocycles. The number of unbranched alkanes of at least 4 members (excludes halogenated alkanes) is 12. The summed E-state index contributed by atoms with van der Waals surface area (Å²) in [4.78, 5) is 11.2. The van der Waals surface area contributed by atoms with E-state index in [0.29, 0.717) is 6.17 Å². The number of quaternary nitrogens is 1. The largest absolute Gasteiger partial charge is 0.351 e. The van der Waals surface area contributed by atoms with Crippen LogP contribution in [-0.2, 0) is 4.79 Å². The van der Waals surface area contributed by atoms with Crippen LogP contribution in [0.25, 0.3) is 0 Å². The Balaban J connectivity index is 2.03. The Morgan fingerprint density at radius 3 is 2.10 bits per heavy atom. The van der Waals surface area contributed by atoms with Gasteiger partial charge in [0, 0.05) is 13.3 Å². The van der Waals surface area contributed by atoms with E-state index in [-0.39, 0.29) is 5.91 Å². The maximum atomic E-state index is 11.2. The van der Waals surface area contributed by atoms with Gasteiger partial charge in [-0.15, -0.1) is 0 Å². The molecule has 2 unspecified atom stereocenters. The monoisotopic (exact) mass is 420 g/mol. The number of rotatable bonds is 19. The average molecular weight is 421 g/mol. The summed E-state index contributed by atoms with van der Waals surface area (Å²) in [5, 5.41) is 6.45. The van der Waals surface area contributed by atoms with Crippen LogP contribution in [0.2, 0.25) is 0 Å². The first-order valence-corrected chi connectivity index (χ1v) is 12.8. The summed E-state index contributed by atoms with van der Waals surface area (Å²) in [5.74, 6) is 0.0549. The van der Waals surface area contributed by atoms with Crippen molar-refractivity contribution in [3.05, 3.63) is 24.6 Å². The molecule has 0 aromatic rings. The van der Waals surface area contributed by atoms with E-state index < -0.39 is 0 Å². The highest BCUT2D eigenvalue weighted by atomic mass is 16.1. The summed E-state index contributed by atoms with van der Waals surface area (Å²) in [7, 11) is 0. The number of carbonyl (C=O) groups is 1. The molecule has 174 valence electrons. The minimum absolute atomic E-state index is 0.0549. The molecule has 0 saturated heterocycles. The number of amides is 1. The van der Waals surface area contributed by atoms with Gasteiger partial charge in [-0.25, -0.2) is 0 Å². The van der Waals surface area contributed by atoms with Crippen LogP contribution >= 0.6 is 0 Å². The molecular weight excluding hydrogens is 370 g/mol. The number of hydrogen-bond acceptors (Lipinski definition) is 2. The van der Waals surface area contributed by atoms with Gasteiger partial charge >= 0.3 is 0 Å². The second-order valence-corrected chi connectivity index (χ2v) is 9.01. The molecule has 0 aromatic heterocycles. The summed E-state index contributed by atoms with van der Waals surface area (Å²) in [5.41, 5.74) is 0. The summed E-state index contributed by atoms with van der Waals surface area (Å²) in [6.45, 7) is 8.82. The third kappa shape index (κ3) is 11.8. The van der Waals surface area contributed by atoms with E-state index >= 15 is 0 Å². The lowest BCUT2D eigenvalue weighted by molar-refractivity contribution is -0.897.